The average Bonchev–Trinajstić information content (AvgIpc) is 2.61. The Bertz CT molecular complexity index is 818. The van der Waals surface area contributed by atoms with Crippen LogP contribution in [0, 0.1) is 6.92 Å². The SMILES string of the molecule is COc1ccc(C)cc1NC(=O)C(C)OC(=O)c1cccc(OC)c1O. The molecular formula is C19H21NO6. The molecule has 2 rings (SSSR count). The minimum atomic E-state index is -1.08. The second-order valence-corrected chi connectivity index (χ2v) is 5.60. The number of rotatable bonds is 6. The number of methoxy groups -OCH3 is 2. The number of amides is 1. The van der Waals surface area contributed by atoms with Crippen molar-refractivity contribution < 1.29 is 28.9 Å². The lowest BCUT2D eigenvalue weighted by molar-refractivity contribution is -0.123. The summed E-state index contributed by atoms with van der Waals surface area (Å²) in [5, 5.41) is 12.7. The molecule has 0 fully saturated rings. The van der Waals surface area contributed by atoms with Gasteiger partial charge >= 0.3 is 5.97 Å². The van der Waals surface area contributed by atoms with Crippen LogP contribution in [0.4, 0.5) is 5.69 Å². The number of hydrogen-bond donors (Lipinski definition) is 2. The van der Waals surface area contributed by atoms with E-state index < -0.39 is 18.0 Å². The normalized spacial score (nSPS) is 11.4. The number of phenols is 1. The van der Waals surface area contributed by atoms with E-state index in [0.717, 1.165) is 5.56 Å². The van der Waals surface area contributed by atoms with Crippen LogP contribution in [0.25, 0.3) is 0 Å². The van der Waals surface area contributed by atoms with Crippen molar-refractivity contribution >= 4 is 17.6 Å². The van der Waals surface area contributed by atoms with Gasteiger partial charge in [-0.1, -0.05) is 12.1 Å². The van der Waals surface area contributed by atoms with E-state index in [1.807, 2.05) is 13.0 Å². The summed E-state index contributed by atoms with van der Waals surface area (Å²) in [5.41, 5.74) is 1.33. The molecule has 0 aliphatic heterocycles. The summed E-state index contributed by atoms with van der Waals surface area (Å²) in [4.78, 5) is 24.6. The van der Waals surface area contributed by atoms with Crippen LogP contribution in [-0.2, 0) is 9.53 Å². The maximum absolute atomic E-state index is 12.3. The Morgan fingerprint density at radius 2 is 1.77 bits per heavy atom. The minimum Gasteiger partial charge on any atom is -0.504 e. The first-order valence-electron chi connectivity index (χ1n) is 7.89. The first-order valence-corrected chi connectivity index (χ1v) is 7.89. The third-order valence-corrected chi connectivity index (χ3v) is 3.70. The highest BCUT2D eigenvalue weighted by Gasteiger charge is 2.23. The van der Waals surface area contributed by atoms with E-state index in [2.05, 4.69) is 5.32 Å². The van der Waals surface area contributed by atoms with Crippen LogP contribution in [0.15, 0.2) is 36.4 Å². The summed E-state index contributed by atoms with van der Waals surface area (Å²) in [7, 11) is 2.87. The number of hydrogen-bond acceptors (Lipinski definition) is 6. The van der Waals surface area contributed by atoms with Gasteiger partial charge in [0.15, 0.2) is 17.6 Å². The number of aryl methyl sites for hydroxylation is 1. The molecule has 0 heterocycles. The first kappa shape index (κ1) is 19.1. The van der Waals surface area contributed by atoms with Gasteiger partial charge in [-0.3, -0.25) is 4.79 Å². The van der Waals surface area contributed by atoms with E-state index in [1.54, 1.807) is 12.1 Å². The predicted molar refractivity (Wildman–Crippen MR) is 95.9 cm³/mol. The largest absolute Gasteiger partial charge is 0.504 e. The second kappa shape index (κ2) is 8.24. The lowest BCUT2D eigenvalue weighted by Gasteiger charge is -2.16. The maximum Gasteiger partial charge on any atom is 0.342 e. The van der Waals surface area contributed by atoms with Crippen molar-refractivity contribution in [3.05, 3.63) is 47.5 Å². The second-order valence-electron chi connectivity index (χ2n) is 5.60. The molecule has 26 heavy (non-hydrogen) atoms. The van der Waals surface area contributed by atoms with Crippen LogP contribution < -0.4 is 14.8 Å². The number of carbonyl (C=O) groups excluding carboxylic acids is 2. The van der Waals surface area contributed by atoms with Gasteiger partial charge < -0.3 is 24.6 Å². The van der Waals surface area contributed by atoms with Gasteiger partial charge in [0.1, 0.15) is 11.3 Å². The highest BCUT2D eigenvalue weighted by molar-refractivity contribution is 5.99. The Morgan fingerprint density at radius 1 is 1.08 bits per heavy atom. The maximum atomic E-state index is 12.3. The van der Waals surface area contributed by atoms with Crippen molar-refractivity contribution in [3.63, 3.8) is 0 Å². The fraction of sp³-hybridized carbons (Fsp3) is 0.263. The molecule has 0 aliphatic carbocycles. The first-order chi connectivity index (χ1) is 12.4. The van der Waals surface area contributed by atoms with Crippen molar-refractivity contribution in [3.8, 4) is 17.2 Å². The number of carbonyl (C=O) groups is 2. The minimum absolute atomic E-state index is 0.0860. The molecule has 7 nitrogen and oxygen atoms in total. The van der Waals surface area contributed by atoms with Gasteiger partial charge in [-0.2, -0.15) is 0 Å². The fourth-order valence-corrected chi connectivity index (χ4v) is 2.28. The van der Waals surface area contributed by atoms with Gasteiger partial charge in [-0.25, -0.2) is 4.79 Å². The molecule has 1 amide bonds. The quantitative estimate of drug-likeness (QED) is 0.770. The summed E-state index contributed by atoms with van der Waals surface area (Å²) < 4.78 is 15.3. The number of anilines is 1. The predicted octanol–water partition coefficient (Wildman–Crippen LogP) is 2.90. The molecule has 1 unspecified atom stereocenters. The van der Waals surface area contributed by atoms with Crippen LogP contribution in [0.1, 0.15) is 22.8 Å². The van der Waals surface area contributed by atoms with Crippen molar-refractivity contribution in [2.75, 3.05) is 19.5 Å². The molecule has 0 saturated carbocycles. The van der Waals surface area contributed by atoms with Crippen LogP contribution in [-0.4, -0.2) is 37.3 Å². The Hall–Kier alpha value is -3.22. The van der Waals surface area contributed by atoms with Gasteiger partial charge in [-0.05, 0) is 43.7 Å². The number of para-hydroxylation sites is 1. The van der Waals surface area contributed by atoms with Crippen molar-refractivity contribution in [2.24, 2.45) is 0 Å². The molecule has 7 heteroatoms. The van der Waals surface area contributed by atoms with E-state index in [-0.39, 0.29) is 17.1 Å². The molecule has 2 aromatic rings. The molecule has 0 spiro atoms. The zero-order chi connectivity index (χ0) is 19.3. The van der Waals surface area contributed by atoms with E-state index in [4.69, 9.17) is 14.2 Å². The standard InChI is InChI=1S/C19H21NO6/c1-11-8-9-15(24-3)14(10-11)20-18(22)12(2)26-19(23)13-6-5-7-16(25-4)17(13)21/h5-10,12,21H,1-4H3,(H,20,22). The number of benzene rings is 2. The Labute approximate surface area is 151 Å². The van der Waals surface area contributed by atoms with Gasteiger partial charge in [0, 0.05) is 0 Å². The summed E-state index contributed by atoms with van der Waals surface area (Å²) in [5.74, 6) is -1.06. The lowest BCUT2D eigenvalue weighted by Crippen LogP contribution is -2.30. The van der Waals surface area contributed by atoms with Gasteiger partial charge in [0.25, 0.3) is 5.91 Å². The number of ether oxygens (including phenoxy) is 3. The average molecular weight is 359 g/mol. The highest BCUT2D eigenvalue weighted by atomic mass is 16.5. The number of esters is 1. The molecule has 0 bridgehead atoms. The van der Waals surface area contributed by atoms with E-state index in [1.165, 1.54) is 39.3 Å². The van der Waals surface area contributed by atoms with Crippen molar-refractivity contribution in [2.45, 2.75) is 20.0 Å². The number of aromatic hydroxyl groups is 1. The van der Waals surface area contributed by atoms with E-state index in [0.29, 0.717) is 11.4 Å². The fourth-order valence-electron chi connectivity index (χ4n) is 2.28. The molecule has 2 N–H and O–H groups in total. The third-order valence-electron chi connectivity index (χ3n) is 3.70. The van der Waals surface area contributed by atoms with E-state index in [9.17, 15) is 14.7 Å². The van der Waals surface area contributed by atoms with Crippen LogP contribution in [0.5, 0.6) is 17.2 Å². The van der Waals surface area contributed by atoms with Crippen LogP contribution >= 0.6 is 0 Å². The summed E-state index contributed by atoms with van der Waals surface area (Å²) in [6, 6.07) is 9.76. The zero-order valence-electron chi connectivity index (χ0n) is 15.0. The smallest absolute Gasteiger partial charge is 0.342 e. The Kier molecular flexibility index (Phi) is 6.06. The zero-order valence-corrected chi connectivity index (χ0v) is 15.0. The Balaban J connectivity index is 2.10. The van der Waals surface area contributed by atoms with Gasteiger partial charge in [0.2, 0.25) is 0 Å². The molecule has 0 aromatic heterocycles. The lowest BCUT2D eigenvalue weighted by atomic mass is 10.2. The number of nitrogens with one attached hydrogen (secondary N) is 1. The molecule has 0 aliphatic rings. The molecule has 0 saturated heterocycles. The topological polar surface area (TPSA) is 94.1 Å². The van der Waals surface area contributed by atoms with E-state index >= 15 is 0 Å². The van der Waals surface area contributed by atoms with Crippen LogP contribution in [0.2, 0.25) is 0 Å². The molecule has 2 aromatic carbocycles. The van der Waals surface area contributed by atoms with Gasteiger partial charge in [-0.15, -0.1) is 0 Å². The Morgan fingerprint density at radius 3 is 2.42 bits per heavy atom. The number of phenolic OH excluding ortho intramolecular Hbond substituents is 1. The van der Waals surface area contributed by atoms with Crippen molar-refractivity contribution in [1.82, 2.24) is 0 Å². The monoisotopic (exact) mass is 359 g/mol. The third kappa shape index (κ3) is 4.24. The summed E-state index contributed by atoms with van der Waals surface area (Å²) in [6.45, 7) is 3.32. The van der Waals surface area contributed by atoms with Crippen LogP contribution in [0.3, 0.4) is 0 Å². The van der Waals surface area contributed by atoms with Crippen molar-refractivity contribution in [1.29, 1.82) is 0 Å². The molecule has 0 radical (unpaired) electrons. The molecule has 138 valence electrons. The summed E-state index contributed by atoms with van der Waals surface area (Å²) in [6.07, 6.45) is -1.08. The molecular weight excluding hydrogens is 338 g/mol. The summed E-state index contributed by atoms with van der Waals surface area (Å²) >= 11 is 0. The van der Waals surface area contributed by atoms with Gasteiger partial charge in [0.05, 0.1) is 19.9 Å². The highest BCUT2D eigenvalue weighted by Crippen LogP contribution is 2.30. The molecule has 1 atom stereocenters.